The van der Waals surface area contributed by atoms with Crippen LogP contribution in [0.15, 0.2) is 30.3 Å². The summed E-state index contributed by atoms with van der Waals surface area (Å²) < 4.78 is 5.31. The Hall–Kier alpha value is -2.08. The number of ether oxygens (including phenoxy) is 1. The van der Waals surface area contributed by atoms with Crippen LogP contribution in [0, 0.1) is 0 Å². The van der Waals surface area contributed by atoms with Crippen molar-refractivity contribution < 1.29 is 14.3 Å². The number of likely N-dealkylation sites (N-methyl/N-ethyl adjacent to an activating group) is 1. The summed E-state index contributed by atoms with van der Waals surface area (Å²) in [7, 11) is 3.86. The fourth-order valence-electron chi connectivity index (χ4n) is 1.57. The van der Waals surface area contributed by atoms with Crippen LogP contribution < -0.4 is 15.4 Å². The molecule has 2 N–H and O–H groups in total. The van der Waals surface area contributed by atoms with Crippen LogP contribution in [0.2, 0.25) is 0 Å². The number of nitrogens with zero attached hydrogens (tertiary/aromatic N) is 1. The number of para-hydroxylation sites is 1. The van der Waals surface area contributed by atoms with Gasteiger partial charge in [0.1, 0.15) is 11.8 Å². The Morgan fingerprint density at radius 1 is 1.24 bits per heavy atom. The SMILES string of the molecule is C[C@H](NC(=O)COc1ccccc1)C(=O)NCCN(C)C. The second-order valence-corrected chi connectivity index (χ2v) is 4.99. The molecule has 0 aliphatic rings. The summed E-state index contributed by atoms with van der Waals surface area (Å²) in [6.07, 6.45) is 0. The minimum atomic E-state index is -0.584. The van der Waals surface area contributed by atoms with Gasteiger partial charge in [0.25, 0.3) is 5.91 Å². The molecule has 0 radical (unpaired) electrons. The van der Waals surface area contributed by atoms with Gasteiger partial charge in [0.05, 0.1) is 0 Å². The summed E-state index contributed by atoms with van der Waals surface area (Å²) >= 11 is 0. The van der Waals surface area contributed by atoms with E-state index in [9.17, 15) is 9.59 Å². The van der Waals surface area contributed by atoms with Gasteiger partial charge in [-0.2, -0.15) is 0 Å². The molecule has 0 unspecified atom stereocenters. The van der Waals surface area contributed by atoms with E-state index in [1.165, 1.54) is 0 Å². The van der Waals surface area contributed by atoms with Crippen molar-refractivity contribution in [1.82, 2.24) is 15.5 Å². The van der Waals surface area contributed by atoms with E-state index >= 15 is 0 Å². The molecule has 21 heavy (non-hydrogen) atoms. The number of nitrogens with one attached hydrogen (secondary N) is 2. The predicted molar refractivity (Wildman–Crippen MR) is 81.1 cm³/mol. The average Bonchev–Trinajstić information content (AvgIpc) is 2.45. The van der Waals surface area contributed by atoms with Crippen molar-refractivity contribution >= 4 is 11.8 Å². The fraction of sp³-hybridized carbons (Fsp3) is 0.467. The van der Waals surface area contributed by atoms with Gasteiger partial charge in [0.2, 0.25) is 5.91 Å². The highest BCUT2D eigenvalue weighted by Crippen LogP contribution is 2.07. The first-order valence-corrected chi connectivity index (χ1v) is 6.88. The van der Waals surface area contributed by atoms with Crippen molar-refractivity contribution in [2.75, 3.05) is 33.8 Å². The Kier molecular flexibility index (Phi) is 7.25. The zero-order valence-corrected chi connectivity index (χ0v) is 12.8. The third kappa shape index (κ3) is 7.31. The van der Waals surface area contributed by atoms with Crippen LogP contribution in [-0.4, -0.2) is 56.5 Å². The molecule has 1 aromatic rings. The minimum absolute atomic E-state index is 0.112. The Bertz CT molecular complexity index is 449. The molecule has 1 atom stereocenters. The van der Waals surface area contributed by atoms with Gasteiger partial charge in [-0.05, 0) is 33.2 Å². The molecule has 0 fully saturated rings. The number of hydrogen-bond donors (Lipinski definition) is 2. The number of carbonyl (C=O) groups is 2. The molecule has 0 spiro atoms. The number of hydrogen-bond acceptors (Lipinski definition) is 4. The van der Waals surface area contributed by atoms with Crippen molar-refractivity contribution in [2.24, 2.45) is 0 Å². The summed E-state index contributed by atoms with van der Waals surface area (Å²) in [5.74, 6) is 0.0924. The van der Waals surface area contributed by atoms with Gasteiger partial charge >= 0.3 is 0 Å². The molecule has 0 aromatic heterocycles. The normalized spacial score (nSPS) is 11.8. The monoisotopic (exact) mass is 293 g/mol. The summed E-state index contributed by atoms with van der Waals surface area (Å²) in [6, 6.07) is 8.48. The first-order chi connectivity index (χ1) is 9.99. The second kappa shape index (κ2) is 8.97. The first-order valence-electron chi connectivity index (χ1n) is 6.88. The maximum Gasteiger partial charge on any atom is 0.258 e. The third-order valence-electron chi connectivity index (χ3n) is 2.74. The van der Waals surface area contributed by atoms with Crippen molar-refractivity contribution in [3.63, 3.8) is 0 Å². The van der Waals surface area contributed by atoms with Gasteiger partial charge in [-0.1, -0.05) is 18.2 Å². The molecule has 6 heteroatoms. The zero-order valence-electron chi connectivity index (χ0n) is 12.8. The van der Waals surface area contributed by atoms with Crippen molar-refractivity contribution in [1.29, 1.82) is 0 Å². The van der Waals surface area contributed by atoms with E-state index in [-0.39, 0.29) is 18.4 Å². The van der Waals surface area contributed by atoms with E-state index in [1.54, 1.807) is 19.1 Å². The summed E-state index contributed by atoms with van der Waals surface area (Å²) in [4.78, 5) is 25.4. The van der Waals surface area contributed by atoms with Crippen LogP contribution in [-0.2, 0) is 9.59 Å². The largest absolute Gasteiger partial charge is 0.484 e. The highest BCUT2D eigenvalue weighted by Gasteiger charge is 2.15. The predicted octanol–water partition coefficient (Wildman–Crippen LogP) is 0.248. The molecular weight excluding hydrogens is 270 g/mol. The molecule has 6 nitrogen and oxygen atoms in total. The molecule has 116 valence electrons. The molecule has 1 aromatic carbocycles. The number of rotatable bonds is 8. The van der Waals surface area contributed by atoms with Crippen LogP contribution in [0.1, 0.15) is 6.92 Å². The maximum atomic E-state index is 11.7. The molecule has 1 rings (SSSR count). The highest BCUT2D eigenvalue weighted by molar-refractivity contribution is 5.87. The average molecular weight is 293 g/mol. The minimum Gasteiger partial charge on any atom is -0.484 e. The lowest BCUT2D eigenvalue weighted by molar-refractivity contribution is -0.129. The van der Waals surface area contributed by atoms with E-state index in [2.05, 4.69) is 10.6 Å². The Morgan fingerprint density at radius 2 is 1.90 bits per heavy atom. The van der Waals surface area contributed by atoms with Gasteiger partial charge in [-0.3, -0.25) is 9.59 Å². The summed E-state index contributed by atoms with van der Waals surface area (Å²) in [5, 5.41) is 5.36. The molecule has 0 bridgehead atoms. The Labute approximate surface area is 125 Å². The van der Waals surface area contributed by atoms with Crippen molar-refractivity contribution in [3.8, 4) is 5.75 Å². The standard InChI is InChI=1S/C15H23N3O3/c1-12(15(20)16-9-10-18(2)3)17-14(19)11-21-13-7-5-4-6-8-13/h4-8,12H,9-11H2,1-3H3,(H,16,20)(H,17,19)/t12-/m0/s1. The first kappa shape index (κ1) is 17.0. The van der Waals surface area contributed by atoms with Crippen LogP contribution in [0.4, 0.5) is 0 Å². The zero-order chi connectivity index (χ0) is 15.7. The molecule has 0 aliphatic heterocycles. The van der Waals surface area contributed by atoms with E-state index in [0.29, 0.717) is 12.3 Å². The third-order valence-corrected chi connectivity index (χ3v) is 2.74. The smallest absolute Gasteiger partial charge is 0.258 e. The van der Waals surface area contributed by atoms with Gasteiger partial charge in [-0.15, -0.1) is 0 Å². The van der Waals surface area contributed by atoms with Crippen molar-refractivity contribution in [3.05, 3.63) is 30.3 Å². The van der Waals surface area contributed by atoms with Crippen LogP contribution >= 0.6 is 0 Å². The van der Waals surface area contributed by atoms with Crippen molar-refractivity contribution in [2.45, 2.75) is 13.0 Å². The maximum absolute atomic E-state index is 11.7. The molecule has 0 aliphatic carbocycles. The second-order valence-electron chi connectivity index (χ2n) is 4.99. The summed E-state index contributed by atoms with van der Waals surface area (Å²) in [5.41, 5.74) is 0. The van der Waals surface area contributed by atoms with Crippen LogP contribution in [0.25, 0.3) is 0 Å². The number of amides is 2. The van der Waals surface area contributed by atoms with Crippen LogP contribution in [0.3, 0.4) is 0 Å². The number of carbonyl (C=O) groups excluding carboxylic acids is 2. The van der Waals surface area contributed by atoms with Gasteiger partial charge < -0.3 is 20.3 Å². The Morgan fingerprint density at radius 3 is 2.52 bits per heavy atom. The summed E-state index contributed by atoms with van der Waals surface area (Å²) in [6.45, 7) is 2.83. The molecule has 0 saturated carbocycles. The van der Waals surface area contributed by atoms with Gasteiger partial charge in [0.15, 0.2) is 6.61 Å². The molecule has 0 heterocycles. The Balaban J connectivity index is 2.25. The molecular formula is C15H23N3O3. The molecule has 2 amide bonds. The lowest BCUT2D eigenvalue weighted by atomic mass is 10.3. The van der Waals surface area contributed by atoms with Gasteiger partial charge in [-0.25, -0.2) is 0 Å². The lowest BCUT2D eigenvalue weighted by Gasteiger charge is -2.15. The highest BCUT2D eigenvalue weighted by atomic mass is 16.5. The fourth-order valence-corrected chi connectivity index (χ4v) is 1.57. The molecule has 0 saturated heterocycles. The van der Waals surface area contributed by atoms with E-state index < -0.39 is 6.04 Å². The van der Waals surface area contributed by atoms with Gasteiger partial charge in [0, 0.05) is 13.1 Å². The topological polar surface area (TPSA) is 70.7 Å². The lowest BCUT2D eigenvalue weighted by Crippen LogP contribution is -2.47. The van der Waals surface area contributed by atoms with E-state index in [1.807, 2.05) is 37.2 Å². The van der Waals surface area contributed by atoms with E-state index in [4.69, 9.17) is 4.74 Å². The number of benzene rings is 1. The van der Waals surface area contributed by atoms with Crippen LogP contribution in [0.5, 0.6) is 5.75 Å². The quantitative estimate of drug-likeness (QED) is 0.721. The van der Waals surface area contributed by atoms with E-state index in [0.717, 1.165) is 6.54 Å².